The van der Waals surface area contributed by atoms with Gasteiger partial charge < -0.3 is 10.2 Å². The smallest absolute Gasteiger partial charge is 0.0909 e. The van der Waals surface area contributed by atoms with Crippen LogP contribution in [0.5, 0.6) is 0 Å². The molecule has 1 atom stereocenters. The summed E-state index contributed by atoms with van der Waals surface area (Å²) in [5.41, 5.74) is 0. The molecule has 1 unspecified atom stereocenters. The van der Waals surface area contributed by atoms with Crippen molar-refractivity contribution in [2.24, 2.45) is 0 Å². The molecule has 0 aromatic carbocycles. The Morgan fingerprint density at radius 2 is 2.43 bits per heavy atom. The van der Waals surface area contributed by atoms with Gasteiger partial charge in [0.15, 0.2) is 0 Å². The third-order valence-corrected chi connectivity index (χ3v) is 1.07. The van der Waals surface area contributed by atoms with Crippen molar-refractivity contribution in [3.63, 3.8) is 0 Å². The van der Waals surface area contributed by atoms with Crippen LogP contribution in [0.1, 0.15) is 12.8 Å². The highest BCUT2D eigenvalue weighted by Crippen LogP contribution is 2.14. The minimum absolute atomic E-state index is 0.319. The van der Waals surface area contributed by atoms with E-state index in [1.807, 2.05) is 0 Å². The first-order valence-electron chi connectivity index (χ1n) is 2.35. The summed E-state index contributed by atoms with van der Waals surface area (Å²) in [4.78, 5) is 0. The largest absolute Gasteiger partial charge is 0.513 e. The highest BCUT2D eigenvalue weighted by molar-refractivity contribution is 5.01. The zero-order chi connectivity index (χ0) is 5.28. The van der Waals surface area contributed by atoms with Gasteiger partial charge in [0.2, 0.25) is 0 Å². The summed E-state index contributed by atoms with van der Waals surface area (Å²) in [5, 5.41) is 17.3. The van der Waals surface area contributed by atoms with Gasteiger partial charge in [-0.2, -0.15) is 0 Å². The zero-order valence-electron chi connectivity index (χ0n) is 3.96. The molecular weight excluding hydrogens is 92.1 g/mol. The molecule has 0 saturated heterocycles. The summed E-state index contributed by atoms with van der Waals surface area (Å²) in [6, 6.07) is 0. The van der Waals surface area contributed by atoms with Crippen LogP contribution in [0.4, 0.5) is 0 Å². The Labute approximate surface area is 42.1 Å². The highest BCUT2D eigenvalue weighted by atomic mass is 16.3. The average molecular weight is 100 g/mol. The van der Waals surface area contributed by atoms with E-state index in [0.717, 1.165) is 0 Å². The molecule has 0 radical (unpaired) electrons. The second-order valence-electron chi connectivity index (χ2n) is 1.79. The normalized spacial score (nSPS) is 30.4. The van der Waals surface area contributed by atoms with Crippen molar-refractivity contribution in [3.8, 4) is 0 Å². The van der Waals surface area contributed by atoms with Crippen LogP contribution in [0.25, 0.3) is 0 Å². The van der Waals surface area contributed by atoms with Crippen molar-refractivity contribution in [1.29, 1.82) is 0 Å². The van der Waals surface area contributed by atoms with Crippen LogP contribution in [0.2, 0.25) is 0 Å². The van der Waals surface area contributed by atoms with Crippen LogP contribution >= 0.6 is 0 Å². The Morgan fingerprint density at radius 3 is 2.57 bits per heavy atom. The molecule has 0 aromatic rings. The van der Waals surface area contributed by atoms with Gasteiger partial charge in [-0.05, 0) is 12.5 Å². The molecule has 0 heterocycles. The van der Waals surface area contributed by atoms with Gasteiger partial charge in [-0.1, -0.05) is 0 Å². The van der Waals surface area contributed by atoms with Crippen molar-refractivity contribution in [2.75, 3.05) is 0 Å². The number of hydrogen-bond donors (Lipinski definition) is 2. The fourth-order valence-electron chi connectivity index (χ4n) is 0.680. The third-order valence-electron chi connectivity index (χ3n) is 1.07. The fraction of sp³-hybridized carbons (Fsp3) is 0.600. The first-order chi connectivity index (χ1) is 3.29. The monoisotopic (exact) mass is 100 g/mol. The second kappa shape index (κ2) is 1.54. The quantitative estimate of drug-likeness (QED) is 0.467. The van der Waals surface area contributed by atoms with Gasteiger partial charge in [0, 0.05) is 6.42 Å². The summed E-state index contributed by atoms with van der Waals surface area (Å²) >= 11 is 0. The van der Waals surface area contributed by atoms with Crippen molar-refractivity contribution >= 4 is 0 Å². The van der Waals surface area contributed by atoms with E-state index in [2.05, 4.69) is 0 Å². The lowest BCUT2D eigenvalue weighted by Crippen LogP contribution is -1.97. The van der Waals surface area contributed by atoms with Crippen LogP contribution < -0.4 is 0 Å². The molecule has 0 bridgehead atoms. The molecule has 2 N–H and O–H groups in total. The number of aliphatic hydroxyl groups is 2. The molecule has 0 saturated carbocycles. The Balaban J connectivity index is 2.42. The van der Waals surface area contributed by atoms with E-state index in [9.17, 15) is 0 Å². The molecule has 0 spiro atoms. The van der Waals surface area contributed by atoms with E-state index in [4.69, 9.17) is 10.2 Å². The van der Waals surface area contributed by atoms with Gasteiger partial charge in [0.25, 0.3) is 0 Å². The second-order valence-corrected chi connectivity index (χ2v) is 1.79. The van der Waals surface area contributed by atoms with Crippen molar-refractivity contribution in [1.82, 2.24) is 0 Å². The zero-order valence-corrected chi connectivity index (χ0v) is 3.96. The van der Waals surface area contributed by atoms with Crippen LogP contribution in [-0.2, 0) is 0 Å². The number of aliphatic hydroxyl groups excluding tert-OH is 2. The number of hydrogen-bond acceptors (Lipinski definition) is 2. The van der Waals surface area contributed by atoms with Gasteiger partial charge in [0.1, 0.15) is 0 Å². The van der Waals surface area contributed by atoms with E-state index < -0.39 is 0 Å². The molecule has 2 heteroatoms. The topological polar surface area (TPSA) is 40.5 Å². The Kier molecular flexibility index (Phi) is 1.02. The molecule has 7 heavy (non-hydrogen) atoms. The molecule has 40 valence electrons. The minimum atomic E-state index is -0.319. The molecule has 0 aromatic heterocycles. The molecule has 1 aliphatic rings. The highest BCUT2D eigenvalue weighted by Gasteiger charge is 2.11. The van der Waals surface area contributed by atoms with Gasteiger partial charge in [0.05, 0.1) is 11.9 Å². The lowest BCUT2D eigenvalue weighted by Gasteiger charge is -1.93. The van der Waals surface area contributed by atoms with Crippen LogP contribution in [0.3, 0.4) is 0 Å². The fourth-order valence-corrected chi connectivity index (χ4v) is 0.680. The first-order valence-corrected chi connectivity index (χ1v) is 2.35. The SMILES string of the molecule is OC1=CCC(O)C1. The molecule has 1 rings (SSSR count). The molecular formula is C5H8O2. The molecule has 0 amide bonds. The van der Waals surface area contributed by atoms with E-state index in [1.165, 1.54) is 0 Å². The summed E-state index contributed by atoms with van der Waals surface area (Å²) in [7, 11) is 0. The van der Waals surface area contributed by atoms with E-state index in [0.29, 0.717) is 18.6 Å². The first kappa shape index (κ1) is 4.65. The van der Waals surface area contributed by atoms with E-state index >= 15 is 0 Å². The average Bonchev–Trinajstić information content (AvgIpc) is 1.87. The molecule has 0 fully saturated rings. The molecule has 0 aliphatic heterocycles. The maximum Gasteiger partial charge on any atom is 0.0909 e. The van der Waals surface area contributed by atoms with Gasteiger partial charge >= 0.3 is 0 Å². The molecule has 1 aliphatic carbocycles. The van der Waals surface area contributed by atoms with Crippen LogP contribution in [0.15, 0.2) is 11.8 Å². The van der Waals surface area contributed by atoms with Crippen LogP contribution in [-0.4, -0.2) is 16.3 Å². The van der Waals surface area contributed by atoms with E-state index in [-0.39, 0.29) is 6.10 Å². The maximum atomic E-state index is 8.69. The third kappa shape index (κ3) is 0.933. The summed E-state index contributed by atoms with van der Waals surface area (Å²) < 4.78 is 0. The lowest BCUT2D eigenvalue weighted by atomic mass is 10.3. The Bertz CT molecular complexity index is 96.3. The van der Waals surface area contributed by atoms with Gasteiger partial charge in [-0.25, -0.2) is 0 Å². The van der Waals surface area contributed by atoms with Crippen molar-refractivity contribution < 1.29 is 10.2 Å². The minimum Gasteiger partial charge on any atom is -0.513 e. The summed E-state index contributed by atoms with van der Waals surface area (Å²) in [6.45, 7) is 0. The van der Waals surface area contributed by atoms with Crippen molar-refractivity contribution in [2.45, 2.75) is 18.9 Å². The van der Waals surface area contributed by atoms with Gasteiger partial charge in [-0.15, -0.1) is 0 Å². The van der Waals surface area contributed by atoms with E-state index in [1.54, 1.807) is 6.08 Å². The Hall–Kier alpha value is -0.500. The van der Waals surface area contributed by atoms with Gasteiger partial charge in [-0.3, -0.25) is 0 Å². The molecule has 2 nitrogen and oxygen atoms in total. The number of rotatable bonds is 0. The standard InChI is InChI=1S/C5H8O2/c6-4-1-2-5(7)3-4/h1,5-7H,2-3H2. The summed E-state index contributed by atoms with van der Waals surface area (Å²) in [5.74, 6) is 0.326. The predicted molar refractivity (Wildman–Crippen MR) is 26.0 cm³/mol. The summed E-state index contributed by atoms with van der Waals surface area (Å²) in [6.07, 6.45) is 2.39. The predicted octanol–water partition coefficient (Wildman–Crippen LogP) is 0.583. The lowest BCUT2D eigenvalue weighted by molar-refractivity contribution is 0.177. The van der Waals surface area contributed by atoms with Crippen molar-refractivity contribution in [3.05, 3.63) is 11.8 Å². The van der Waals surface area contributed by atoms with Crippen LogP contribution in [0, 0.1) is 0 Å². The maximum absolute atomic E-state index is 8.69. The Morgan fingerprint density at radius 1 is 1.71 bits per heavy atom.